The van der Waals surface area contributed by atoms with E-state index in [0.29, 0.717) is 5.69 Å². The molecule has 0 aliphatic heterocycles. The number of methoxy groups -OCH3 is 2. The topological polar surface area (TPSA) is 100 Å². The number of benzene rings is 2. The van der Waals surface area contributed by atoms with E-state index >= 15 is 0 Å². The van der Waals surface area contributed by atoms with Gasteiger partial charge in [0, 0.05) is 10.2 Å². The van der Waals surface area contributed by atoms with E-state index in [2.05, 4.69) is 26.0 Å². The summed E-state index contributed by atoms with van der Waals surface area (Å²) < 4.78 is 20.8. The van der Waals surface area contributed by atoms with Crippen molar-refractivity contribution in [3.05, 3.63) is 52.5 Å². The number of nitrogens with one attached hydrogen (secondary N) is 1. The van der Waals surface area contributed by atoms with Crippen LogP contribution in [-0.4, -0.2) is 45.3 Å². The SMILES string of the molecule is COC(=O)COC(=O)c1ccc(OCC(=O)Nc2ccc(Br)cc2)c(OC)c1. The first-order valence-electron chi connectivity index (χ1n) is 8.03. The lowest BCUT2D eigenvalue weighted by Crippen LogP contribution is -2.20. The molecule has 0 spiro atoms. The van der Waals surface area contributed by atoms with Crippen LogP contribution in [0.3, 0.4) is 0 Å². The van der Waals surface area contributed by atoms with Gasteiger partial charge in [-0.25, -0.2) is 9.59 Å². The highest BCUT2D eigenvalue weighted by molar-refractivity contribution is 9.10. The number of ether oxygens (including phenoxy) is 4. The van der Waals surface area contributed by atoms with Gasteiger partial charge in [0.15, 0.2) is 24.7 Å². The zero-order valence-corrected chi connectivity index (χ0v) is 16.8. The van der Waals surface area contributed by atoms with E-state index in [0.717, 1.165) is 4.47 Å². The van der Waals surface area contributed by atoms with E-state index in [1.54, 1.807) is 24.3 Å². The average Bonchev–Trinajstić information content (AvgIpc) is 2.71. The molecule has 0 atom stereocenters. The molecular formula is C19H18BrNO7. The molecule has 0 unspecified atom stereocenters. The molecule has 2 aromatic rings. The van der Waals surface area contributed by atoms with Crippen LogP contribution in [0, 0.1) is 0 Å². The first kappa shape index (κ1) is 21.2. The molecule has 0 fully saturated rings. The maximum atomic E-state index is 12.0. The number of carbonyl (C=O) groups is 3. The monoisotopic (exact) mass is 451 g/mol. The fraction of sp³-hybridized carbons (Fsp3) is 0.211. The highest BCUT2D eigenvalue weighted by Gasteiger charge is 2.15. The molecule has 0 radical (unpaired) electrons. The number of hydrogen-bond donors (Lipinski definition) is 1. The Labute approximate surface area is 169 Å². The molecule has 8 nitrogen and oxygen atoms in total. The minimum atomic E-state index is -0.719. The first-order valence-corrected chi connectivity index (χ1v) is 8.82. The summed E-state index contributed by atoms with van der Waals surface area (Å²) in [6.45, 7) is -0.745. The van der Waals surface area contributed by atoms with Crippen molar-refractivity contribution in [2.45, 2.75) is 0 Å². The molecule has 0 bridgehead atoms. The third kappa shape index (κ3) is 6.27. The van der Waals surface area contributed by atoms with Crippen molar-refractivity contribution >= 4 is 39.5 Å². The van der Waals surface area contributed by atoms with E-state index in [4.69, 9.17) is 14.2 Å². The predicted molar refractivity (Wildman–Crippen MR) is 104 cm³/mol. The molecule has 28 heavy (non-hydrogen) atoms. The summed E-state index contributed by atoms with van der Waals surface area (Å²) in [5.41, 5.74) is 0.792. The molecule has 2 rings (SSSR count). The smallest absolute Gasteiger partial charge is 0.344 e. The summed E-state index contributed by atoms with van der Waals surface area (Å²) in [7, 11) is 2.59. The van der Waals surface area contributed by atoms with Crippen molar-refractivity contribution in [1.29, 1.82) is 0 Å². The van der Waals surface area contributed by atoms with Crippen LogP contribution in [0.5, 0.6) is 11.5 Å². The second-order valence-corrected chi connectivity index (χ2v) is 6.28. The summed E-state index contributed by atoms with van der Waals surface area (Å²) in [5, 5.41) is 2.70. The van der Waals surface area contributed by atoms with E-state index in [1.807, 2.05) is 0 Å². The van der Waals surface area contributed by atoms with Gasteiger partial charge in [-0.15, -0.1) is 0 Å². The minimum absolute atomic E-state index is 0.160. The number of hydrogen-bond acceptors (Lipinski definition) is 7. The summed E-state index contributed by atoms with van der Waals surface area (Å²) in [5.74, 6) is -1.23. The van der Waals surface area contributed by atoms with E-state index in [1.165, 1.54) is 32.4 Å². The molecule has 2 aromatic carbocycles. The van der Waals surface area contributed by atoms with Gasteiger partial charge in [0.1, 0.15) is 0 Å². The summed E-state index contributed by atoms with van der Waals surface area (Å²) in [6.07, 6.45) is 0. The molecule has 1 amide bonds. The van der Waals surface area contributed by atoms with Gasteiger partial charge >= 0.3 is 11.9 Å². The van der Waals surface area contributed by atoms with Gasteiger partial charge in [0.25, 0.3) is 5.91 Å². The van der Waals surface area contributed by atoms with Crippen LogP contribution in [-0.2, 0) is 19.1 Å². The summed E-state index contributed by atoms with van der Waals surface area (Å²) in [4.78, 5) is 35.0. The molecule has 0 aliphatic carbocycles. The van der Waals surface area contributed by atoms with Crippen LogP contribution < -0.4 is 14.8 Å². The maximum absolute atomic E-state index is 12.0. The number of amides is 1. The fourth-order valence-electron chi connectivity index (χ4n) is 2.05. The van der Waals surface area contributed by atoms with E-state index < -0.39 is 18.5 Å². The van der Waals surface area contributed by atoms with Gasteiger partial charge < -0.3 is 24.3 Å². The van der Waals surface area contributed by atoms with Crippen LogP contribution in [0.1, 0.15) is 10.4 Å². The maximum Gasteiger partial charge on any atom is 0.344 e. The zero-order chi connectivity index (χ0) is 20.5. The van der Waals surface area contributed by atoms with Crippen molar-refractivity contribution < 1.29 is 33.3 Å². The van der Waals surface area contributed by atoms with Gasteiger partial charge in [0.05, 0.1) is 19.8 Å². The van der Waals surface area contributed by atoms with Crippen LogP contribution in [0.2, 0.25) is 0 Å². The number of rotatable bonds is 8. The summed E-state index contributed by atoms with van der Waals surface area (Å²) >= 11 is 3.32. The Balaban J connectivity index is 1.95. The Hall–Kier alpha value is -3.07. The Morgan fingerprint density at radius 3 is 2.32 bits per heavy atom. The van der Waals surface area contributed by atoms with Crippen molar-refractivity contribution in [2.24, 2.45) is 0 Å². The Morgan fingerprint density at radius 1 is 0.964 bits per heavy atom. The molecule has 0 saturated heterocycles. The normalized spacial score (nSPS) is 9.96. The molecule has 0 aliphatic rings. The Morgan fingerprint density at radius 2 is 1.68 bits per heavy atom. The van der Waals surface area contributed by atoms with Crippen molar-refractivity contribution in [2.75, 3.05) is 32.8 Å². The summed E-state index contributed by atoms with van der Waals surface area (Å²) in [6, 6.07) is 11.4. The van der Waals surface area contributed by atoms with Crippen LogP contribution in [0.4, 0.5) is 5.69 Å². The van der Waals surface area contributed by atoms with Crippen molar-refractivity contribution in [1.82, 2.24) is 0 Å². The lowest BCUT2D eigenvalue weighted by molar-refractivity contribution is -0.144. The average molecular weight is 452 g/mol. The van der Waals surface area contributed by atoms with Gasteiger partial charge in [0.2, 0.25) is 0 Å². The predicted octanol–water partition coefficient (Wildman–Crippen LogP) is 2.81. The molecule has 0 heterocycles. The third-order valence-electron chi connectivity index (χ3n) is 3.43. The third-order valence-corrected chi connectivity index (χ3v) is 3.96. The van der Waals surface area contributed by atoms with Crippen LogP contribution in [0.25, 0.3) is 0 Å². The molecule has 0 aromatic heterocycles. The number of esters is 2. The molecule has 9 heteroatoms. The van der Waals surface area contributed by atoms with E-state index in [9.17, 15) is 14.4 Å². The van der Waals surface area contributed by atoms with E-state index in [-0.39, 0.29) is 29.6 Å². The molecule has 148 valence electrons. The number of anilines is 1. The van der Waals surface area contributed by atoms with Crippen molar-refractivity contribution in [3.8, 4) is 11.5 Å². The van der Waals surface area contributed by atoms with Crippen molar-refractivity contribution in [3.63, 3.8) is 0 Å². The highest BCUT2D eigenvalue weighted by Crippen LogP contribution is 2.28. The first-order chi connectivity index (χ1) is 13.4. The van der Waals surface area contributed by atoms with Crippen LogP contribution in [0.15, 0.2) is 46.9 Å². The van der Waals surface area contributed by atoms with Crippen LogP contribution >= 0.6 is 15.9 Å². The molecule has 1 N–H and O–H groups in total. The Kier molecular flexibility index (Phi) is 7.82. The Bertz CT molecular complexity index is 852. The zero-order valence-electron chi connectivity index (χ0n) is 15.2. The molecular weight excluding hydrogens is 434 g/mol. The van der Waals surface area contributed by atoms with Gasteiger partial charge in [-0.1, -0.05) is 15.9 Å². The number of carbonyl (C=O) groups excluding carboxylic acids is 3. The fourth-order valence-corrected chi connectivity index (χ4v) is 2.32. The lowest BCUT2D eigenvalue weighted by atomic mass is 10.2. The quantitative estimate of drug-likeness (QED) is 0.615. The van der Waals surface area contributed by atoms with Gasteiger partial charge in [-0.05, 0) is 42.5 Å². The van der Waals surface area contributed by atoms with Gasteiger partial charge in [-0.3, -0.25) is 4.79 Å². The second kappa shape index (κ2) is 10.3. The highest BCUT2D eigenvalue weighted by atomic mass is 79.9. The minimum Gasteiger partial charge on any atom is -0.493 e. The second-order valence-electron chi connectivity index (χ2n) is 5.36. The molecule has 0 saturated carbocycles. The lowest BCUT2D eigenvalue weighted by Gasteiger charge is -2.12. The number of halogens is 1. The van der Waals surface area contributed by atoms with Gasteiger partial charge in [-0.2, -0.15) is 0 Å². The standard InChI is InChI=1S/C19H18BrNO7/c1-25-16-9-12(19(24)28-11-18(23)26-2)3-8-15(16)27-10-17(22)21-14-6-4-13(20)5-7-14/h3-9H,10-11H2,1-2H3,(H,21,22). The largest absolute Gasteiger partial charge is 0.493 e.